The molecular formula is C38H46N2O4. The van der Waals surface area contributed by atoms with Crippen LogP contribution in [0.25, 0.3) is 17.1 Å². The highest BCUT2D eigenvalue weighted by Gasteiger charge is 2.43. The molecule has 0 bridgehead atoms. The van der Waals surface area contributed by atoms with E-state index < -0.39 is 10.8 Å². The molecule has 44 heavy (non-hydrogen) atoms. The second-order valence-electron chi connectivity index (χ2n) is 12.9. The lowest BCUT2D eigenvalue weighted by Gasteiger charge is -2.35. The normalized spacial score (nSPS) is 13.6. The third kappa shape index (κ3) is 7.65. The highest BCUT2D eigenvalue weighted by molar-refractivity contribution is 5.80. The quantitative estimate of drug-likeness (QED) is 0.145. The Morgan fingerprint density at radius 3 is 2.18 bits per heavy atom. The molecule has 6 nitrogen and oxygen atoms in total. The van der Waals surface area contributed by atoms with Crippen molar-refractivity contribution in [2.24, 2.45) is 10.8 Å². The number of aromatic nitrogens is 2. The number of esters is 2. The molecule has 3 aromatic carbocycles. The van der Waals surface area contributed by atoms with Crippen LogP contribution in [0.15, 0.2) is 85.2 Å². The predicted molar refractivity (Wildman–Crippen MR) is 176 cm³/mol. The molecule has 1 heterocycles. The molecular weight excluding hydrogens is 548 g/mol. The molecule has 2 atom stereocenters. The Kier molecular flexibility index (Phi) is 10.5. The largest absolute Gasteiger partial charge is 0.469 e. The molecule has 0 saturated carbocycles. The van der Waals surface area contributed by atoms with Gasteiger partial charge < -0.3 is 9.47 Å². The molecule has 4 aromatic rings. The average Bonchev–Trinajstić information content (AvgIpc) is 3.49. The third-order valence-corrected chi connectivity index (χ3v) is 8.72. The fourth-order valence-electron chi connectivity index (χ4n) is 6.21. The smallest absolute Gasteiger partial charge is 0.311 e. The number of benzene rings is 3. The number of ether oxygens (including phenoxy) is 2. The van der Waals surface area contributed by atoms with Crippen LogP contribution in [0.4, 0.5) is 0 Å². The van der Waals surface area contributed by atoms with E-state index in [0.717, 1.165) is 29.1 Å². The maximum atomic E-state index is 13.6. The molecule has 4 rings (SSSR count). The van der Waals surface area contributed by atoms with Gasteiger partial charge in [0.25, 0.3) is 0 Å². The number of nitrogens with zero attached hydrogens (tertiary/aromatic N) is 2. The summed E-state index contributed by atoms with van der Waals surface area (Å²) in [6, 6.07) is 24.9. The molecule has 0 aliphatic heterocycles. The van der Waals surface area contributed by atoms with Gasteiger partial charge in [0.05, 0.1) is 30.2 Å². The zero-order valence-electron chi connectivity index (χ0n) is 27.2. The van der Waals surface area contributed by atoms with Crippen molar-refractivity contribution in [2.75, 3.05) is 13.7 Å². The number of imidazole rings is 1. The van der Waals surface area contributed by atoms with E-state index >= 15 is 0 Å². The van der Waals surface area contributed by atoms with Crippen LogP contribution in [0.5, 0.6) is 0 Å². The second kappa shape index (κ2) is 14.1. The van der Waals surface area contributed by atoms with Gasteiger partial charge in [0.2, 0.25) is 0 Å². The van der Waals surface area contributed by atoms with Crippen LogP contribution < -0.4 is 0 Å². The summed E-state index contributed by atoms with van der Waals surface area (Å²) in [6.07, 6.45) is 6.16. The first-order chi connectivity index (χ1) is 20.9. The molecule has 0 spiro atoms. The zero-order valence-corrected chi connectivity index (χ0v) is 27.2. The summed E-state index contributed by atoms with van der Waals surface area (Å²) in [4.78, 5) is 30.8. The van der Waals surface area contributed by atoms with Crippen LogP contribution in [0.3, 0.4) is 0 Å². The van der Waals surface area contributed by atoms with Crippen molar-refractivity contribution >= 4 is 11.9 Å². The van der Waals surface area contributed by atoms with E-state index in [9.17, 15) is 9.59 Å². The maximum absolute atomic E-state index is 13.6. The van der Waals surface area contributed by atoms with E-state index in [1.54, 1.807) is 0 Å². The summed E-state index contributed by atoms with van der Waals surface area (Å²) in [5.74, 6) is 0.551. The number of hydrogen-bond donors (Lipinski definition) is 0. The van der Waals surface area contributed by atoms with Gasteiger partial charge in [-0.1, -0.05) is 79.7 Å². The average molecular weight is 595 g/mol. The summed E-state index contributed by atoms with van der Waals surface area (Å²) in [6.45, 7) is 12.2. The molecule has 0 aliphatic carbocycles. The fraction of sp³-hybridized carbons (Fsp3) is 0.395. The van der Waals surface area contributed by atoms with Crippen LogP contribution in [0.2, 0.25) is 0 Å². The Bertz CT molecular complexity index is 1540. The van der Waals surface area contributed by atoms with E-state index in [0.29, 0.717) is 19.3 Å². The Hall–Kier alpha value is -4.19. The van der Waals surface area contributed by atoms with E-state index in [2.05, 4.69) is 84.9 Å². The number of para-hydroxylation sites is 1. The van der Waals surface area contributed by atoms with Crippen molar-refractivity contribution < 1.29 is 19.1 Å². The van der Waals surface area contributed by atoms with Gasteiger partial charge in [-0.25, -0.2) is 4.98 Å². The number of methoxy groups -OCH3 is 1. The molecule has 0 fully saturated rings. The lowest BCUT2D eigenvalue weighted by Crippen LogP contribution is -2.39. The van der Waals surface area contributed by atoms with Gasteiger partial charge in [0.1, 0.15) is 5.82 Å². The Balaban J connectivity index is 1.43. The molecule has 2 unspecified atom stereocenters. The highest BCUT2D eigenvalue weighted by atomic mass is 16.5. The first kappa shape index (κ1) is 32.7. The molecule has 0 radical (unpaired) electrons. The summed E-state index contributed by atoms with van der Waals surface area (Å²) < 4.78 is 13.1. The van der Waals surface area contributed by atoms with Crippen molar-refractivity contribution in [1.82, 2.24) is 9.55 Å². The molecule has 232 valence electrons. The Morgan fingerprint density at radius 1 is 0.886 bits per heavy atom. The van der Waals surface area contributed by atoms with Gasteiger partial charge in [-0.3, -0.25) is 14.2 Å². The number of rotatable bonds is 13. The zero-order chi connectivity index (χ0) is 31.9. The SMILES string of the molecule is COC(=O)C(C)(C)CC(C)(CCC(C)c1ccccc1)C(=O)OCCc1ccc(-c2nccn2-c2c(C)cccc2C)cc1. The monoisotopic (exact) mass is 594 g/mol. The van der Waals surface area contributed by atoms with E-state index in [-0.39, 0.29) is 24.5 Å². The lowest BCUT2D eigenvalue weighted by molar-refractivity contribution is -0.162. The minimum atomic E-state index is -0.838. The van der Waals surface area contributed by atoms with Crippen LogP contribution in [-0.4, -0.2) is 35.2 Å². The van der Waals surface area contributed by atoms with Crippen LogP contribution in [0.1, 0.15) is 75.1 Å². The minimum Gasteiger partial charge on any atom is -0.469 e. The van der Waals surface area contributed by atoms with Crippen LogP contribution >= 0.6 is 0 Å². The third-order valence-electron chi connectivity index (χ3n) is 8.72. The predicted octanol–water partition coefficient (Wildman–Crippen LogP) is 8.42. The van der Waals surface area contributed by atoms with Crippen molar-refractivity contribution in [1.29, 1.82) is 0 Å². The van der Waals surface area contributed by atoms with Crippen LogP contribution in [-0.2, 0) is 25.5 Å². The minimum absolute atomic E-state index is 0.262. The molecule has 0 N–H and O–H groups in total. The van der Waals surface area contributed by atoms with Gasteiger partial charge in [-0.2, -0.15) is 0 Å². The van der Waals surface area contributed by atoms with Gasteiger partial charge in [-0.15, -0.1) is 0 Å². The number of carbonyl (C=O) groups excluding carboxylic acids is 2. The first-order valence-electron chi connectivity index (χ1n) is 15.4. The number of carbonyl (C=O) groups is 2. The van der Waals surface area contributed by atoms with Gasteiger partial charge in [-0.05, 0) is 82.1 Å². The van der Waals surface area contributed by atoms with E-state index in [1.165, 1.54) is 23.8 Å². The first-order valence-corrected chi connectivity index (χ1v) is 15.4. The Labute approximate surface area is 262 Å². The van der Waals surface area contributed by atoms with Crippen molar-refractivity contribution in [2.45, 2.75) is 73.1 Å². The van der Waals surface area contributed by atoms with Crippen molar-refractivity contribution in [3.63, 3.8) is 0 Å². The second-order valence-corrected chi connectivity index (χ2v) is 12.9. The van der Waals surface area contributed by atoms with E-state index in [1.807, 2.05) is 51.4 Å². The molecule has 0 amide bonds. The van der Waals surface area contributed by atoms with Crippen molar-refractivity contribution in [3.8, 4) is 17.1 Å². The van der Waals surface area contributed by atoms with Crippen molar-refractivity contribution in [3.05, 3.63) is 107 Å². The topological polar surface area (TPSA) is 70.4 Å². The molecule has 1 aromatic heterocycles. The molecule has 0 saturated heterocycles. The highest BCUT2D eigenvalue weighted by Crippen LogP contribution is 2.41. The fourth-order valence-corrected chi connectivity index (χ4v) is 6.21. The van der Waals surface area contributed by atoms with Gasteiger partial charge >= 0.3 is 11.9 Å². The van der Waals surface area contributed by atoms with Crippen LogP contribution in [0, 0.1) is 24.7 Å². The summed E-state index contributed by atoms with van der Waals surface area (Å²) in [5, 5.41) is 0. The number of aryl methyl sites for hydroxylation is 2. The van der Waals surface area contributed by atoms with Gasteiger partial charge in [0.15, 0.2) is 0 Å². The standard InChI is InChI=1S/C38H46N2O4/c1-27(31-14-9-8-10-15-31)20-22-38(6,26-37(4,5)35(41)43-7)36(42)44-25-21-30-16-18-32(19-17-30)34-39-23-24-40(34)33-28(2)12-11-13-29(33)3/h8-19,23-24,27H,20-22,25-26H2,1-7H3. The maximum Gasteiger partial charge on any atom is 0.311 e. The Morgan fingerprint density at radius 2 is 1.55 bits per heavy atom. The summed E-state index contributed by atoms with van der Waals surface area (Å²) in [7, 11) is 1.39. The molecule has 6 heteroatoms. The molecule has 0 aliphatic rings. The lowest BCUT2D eigenvalue weighted by atomic mass is 9.70. The van der Waals surface area contributed by atoms with Gasteiger partial charge in [0, 0.05) is 24.4 Å². The summed E-state index contributed by atoms with van der Waals surface area (Å²) >= 11 is 0. The summed E-state index contributed by atoms with van der Waals surface area (Å²) in [5.41, 5.74) is 5.19. The number of hydrogen-bond acceptors (Lipinski definition) is 5. The van der Waals surface area contributed by atoms with E-state index in [4.69, 9.17) is 9.47 Å².